The van der Waals surface area contributed by atoms with Crippen LogP contribution in [0.2, 0.25) is 0 Å². The van der Waals surface area contributed by atoms with E-state index in [0.29, 0.717) is 16.9 Å². The summed E-state index contributed by atoms with van der Waals surface area (Å²) in [6.45, 7) is 1.66. The second-order valence-corrected chi connectivity index (χ2v) is 4.85. The van der Waals surface area contributed by atoms with Crippen molar-refractivity contribution < 1.29 is 29.3 Å². The molecule has 0 bridgehead atoms. The fourth-order valence-electron chi connectivity index (χ4n) is 2.53. The Morgan fingerprint density at radius 2 is 2.10 bits per heavy atom. The maximum Gasteiger partial charge on any atom is 0.306 e. The molecule has 0 saturated carbocycles. The van der Waals surface area contributed by atoms with E-state index in [1.165, 1.54) is 14.2 Å². The average Bonchev–Trinajstić information content (AvgIpc) is 2.69. The predicted molar refractivity (Wildman–Crippen MR) is 72.5 cm³/mol. The maximum absolute atomic E-state index is 12.4. The molecule has 1 N–H and O–H groups in total. The quantitative estimate of drug-likeness (QED) is 0.514. The Morgan fingerprint density at radius 3 is 2.67 bits per heavy atom. The summed E-state index contributed by atoms with van der Waals surface area (Å²) in [5.41, 5.74) is -0.152. The van der Waals surface area contributed by atoms with Gasteiger partial charge in [-0.15, -0.1) is 0 Å². The minimum Gasteiger partial charge on any atom is -0.497 e. The molecule has 1 aliphatic rings. The van der Waals surface area contributed by atoms with Gasteiger partial charge in [0.05, 0.1) is 26.1 Å². The fourth-order valence-corrected chi connectivity index (χ4v) is 2.53. The molecule has 1 aromatic rings. The fraction of sp³-hybridized carbons (Fsp3) is 0.357. The highest BCUT2D eigenvalue weighted by atomic mass is 17.2. The van der Waals surface area contributed by atoms with Gasteiger partial charge in [-0.25, -0.2) is 4.99 Å². The van der Waals surface area contributed by atoms with Gasteiger partial charge in [0.1, 0.15) is 11.5 Å². The molecule has 7 heteroatoms. The van der Waals surface area contributed by atoms with Crippen molar-refractivity contribution in [2.75, 3.05) is 14.2 Å². The van der Waals surface area contributed by atoms with Crippen molar-refractivity contribution in [3.8, 4) is 5.75 Å². The number of hydrogen-bond acceptors (Lipinski definition) is 7. The highest BCUT2D eigenvalue weighted by molar-refractivity contribution is 6.52. The SMILES string of the molecule is COC(=O)CC1(C)C(=NOO)C(=O)c2ccc(OC)cc21. The molecular weight excluding hydrogens is 278 g/mol. The molecular formula is C14H15NO6. The summed E-state index contributed by atoms with van der Waals surface area (Å²) in [5, 5.41) is 12.0. The van der Waals surface area contributed by atoms with E-state index in [4.69, 9.17) is 9.99 Å². The lowest BCUT2D eigenvalue weighted by molar-refractivity contribution is -0.243. The van der Waals surface area contributed by atoms with Gasteiger partial charge in [-0.2, -0.15) is 5.26 Å². The molecule has 2 rings (SSSR count). The van der Waals surface area contributed by atoms with Gasteiger partial charge < -0.3 is 9.47 Å². The Morgan fingerprint density at radius 1 is 1.38 bits per heavy atom. The molecule has 0 aromatic heterocycles. The Labute approximate surface area is 121 Å². The number of oxime groups is 1. The molecule has 0 fully saturated rings. The van der Waals surface area contributed by atoms with Gasteiger partial charge in [-0.3, -0.25) is 9.59 Å². The number of nitrogens with zero attached hydrogens (tertiary/aromatic N) is 1. The number of ether oxygens (including phenoxy) is 2. The number of esters is 1. The van der Waals surface area contributed by atoms with Crippen molar-refractivity contribution in [2.45, 2.75) is 18.8 Å². The third-order valence-corrected chi connectivity index (χ3v) is 3.66. The zero-order chi connectivity index (χ0) is 15.6. The monoisotopic (exact) mass is 293 g/mol. The highest BCUT2D eigenvalue weighted by Gasteiger charge is 2.48. The van der Waals surface area contributed by atoms with E-state index < -0.39 is 17.2 Å². The minimum absolute atomic E-state index is 0.0568. The van der Waals surface area contributed by atoms with Gasteiger partial charge in [0, 0.05) is 5.56 Å². The predicted octanol–water partition coefficient (Wildman–Crippen LogP) is 1.56. The molecule has 1 atom stereocenters. The molecule has 1 unspecified atom stereocenters. The molecule has 0 saturated heterocycles. The molecule has 112 valence electrons. The summed E-state index contributed by atoms with van der Waals surface area (Å²) < 4.78 is 9.82. The van der Waals surface area contributed by atoms with Crippen molar-refractivity contribution in [2.24, 2.45) is 5.16 Å². The minimum atomic E-state index is -1.06. The summed E-state index contributed by atoms with van der Waals surface area (Å²) >= 11 is 0. The van der Waals surface area contributed by atoms with Crippen molar-refractivity contribution in [3.63, 3.8) is 0 Å². The van der Waals surface area contributed by atoms with Crippen LogP contribution in [-0.4, -0.2) is 36.9 Å². The topological polar surface area (TPSA) is 94.4 Å². The van der Waals surface area contributed by atoms with Crippen LogP contribution in [0.3, 0.4) is 0 Å². The molecule has 21 heavy (non-hydrogen) atoms. The number of hydrogen-bond donors (Lipinski definition) is 1. The first kappa shape index (κ1) is 15.0. The molecule has 1 aromatic carbocycles. The highest BCUT2D eigenvalue weighted by Crippen LogP contribution is 2.41. The van der Waals surface area contributed by atoms with E-state index in [1.807, 2.05) is 0 Å². The second-order valence-electron chi connectivity index (χ2n) is 4.85. The number of rotatable bonds is 4. The van der Waals surface area contributed by atoms with Crippen molar-refractivity contribution >= 4 is 17.5 Å². The number of fused-ring (bicyclic) bond motifs is 1. The van der Waals surface area contributed by atoms with Crippen LogP contribution in [-0.2, 0) is 19.9 Å². The van der Waals surface area contributed by atoms with Crippen LogP contribution in [0.4, 0.5) is 0 Å². The van der Waals surface area contributed by atoms with E-state index in [9.17, 15) is 9.59 Å². The Hall–Kier alpha value is -2.41. The number of Topliss-reactive ketones (excluding diaryl/α,β-unsaturated/α-hetero) is 1. The normalized spacial score (nSPS) is 22.1. The first-order valence-corrected chi connectivity index (χ1v) is 6.17. The summed E-state index contributed by atoms with van der Waals surface area (Å²) in [7, 11) is 2.76. The van der Waals surface area contributed by atoms with Crippen LogP contribution >= 0.6 is 0 Å². The molecule has 0 aliphatic heterocycles. The molecule has 0 heterocycles. The largest absolute Gasteiger partial charge is 0.497 e. The first-order valence-electron chi connectivity index (χ1n) is 6.17. The lowest BCUT2D eigenvalue weighted by atomic mass is 9.79. The smallest absolute Gasteiger partial charge is 0.306 e. The van der Waals surface area contributed by atoms with Crippen molar-refractivity contribution in [1.82, 2.24) is 0 Å². The van der Waals surface area contributed by atoms with E-state index in [-0.39, 0.29) is 12.1 Å². The van der Waals surface area contributed by atoms with Gasteiger partial charge >= 0.3 is 5.97 Å². The molecule has 0 amide bonds. The second kappa shape index (κ2) is 5.53. The van der Waals surface area contributed by atoms with Crippen LogP contribution < -0.4 is 4.74 Å². The van der Waals surface area contributed by atoms with Gasteiger partial charge in [-0.05, 0) is 35.8 Å². The number of benzene rings is 1. The van der Waals surface area contributed by atoms with E-state index in [0.717, 1.165) is 0 Å². The third kappa shape index (κ3) is 2.36. The van der Waals surface area contributed by atoms with Gasteiger partial charge in [0.15, 0.2) is 0 Å². The van der Waals surface area contributed by atoms with Crippen molar-refractivity contribution in [1.29, 1.82) is 0 Å². The van der Waals surface area contributed by atoms with Crippen molar-refractivity contribution in [3.05, 3.63) is 29.3 Å². The van der Waals surface area contributed by atoms with Crippen LogP contribution in [0.25, 0.3) is 0 Å². The Balaban J connectivity index is 2.62. The maximum atomic E-state index is 12.4. The first-order chi connectivity index (χ1) is 9.97. The van der Waals surface area contributed by atoms with Gasteiger partial charge in [0.2, 0.25) is 5.78 Å². The van der Waals surface area contributed by atoms with Crippen LogP contribution in [0.5, 0.6) is 5.75 Å². The Kier molecular flexibility index (Phi) is 3.95. The summed E-state index contributed by atoms with van der Waals surface area (Å²) in [6, 6.07) is 4.89. The number of carbonyl (C=O) groups is 2. The molecule has 7 nitrogen and oxygen atoms in total. The Bertz CT molecular complexity index is 624. The molecule has 0 radical (unpaired) electrons. The van der Waals surface area contributed by atoms with Crippen LogP contribution in [0.15, 0.2) is 23.4 Å². The number of methoxy groups -OCH3 is 2. The number of ketones is 1. The summed E-state index contributed by atoms with van der Waals surface area (Å²) in [6.07, 6.45) is -0.113. The van der Waals surface area contributed by atoms with E-state index in [1.54, 1.807) is 25.1 Å². The lowest BCUT2D eigenvalue weighted by Gasteiger charge is -2.23. The average molecular weight is 293 g/mol. The van der Waals surface area contributed by atoms with E-state index in [2.05, 4.69) is 14.9 Å². The zero-order valence-corrected chi connectivity index (χ0v) is 11.9. The molecule has 0 spiro atoms. The zero-order valence-electron chi connectivity index (χ0n) is 11.9. The number of carbonyl (C=O) groups excluding carboxylic acids is 2. The van der Waals surface area contributed by atoms with Gasteiger partial charge in [-0.1, -0.05) is 0 Å². The van der Waals surface area contributed by atoms with Gasteiger partial charge in [0.25, 0.3) is 0 Å². The lowest BCUT2D eigenvalue weighted by Crippen LogP contribution is -2.34. The van der Waals surface area contributed by atoms with E-state index >= 15 is 0 Å². The van der Waals surface area contributed by atoms with Crippen LogP contribution in [0, 0.1) is 0 Å². The summed E-state index contributed by atoms with van der Waals surface area (Å²) in [4.78, 5) is 27.8. The van der Waals surface area contributed by atoms with Crippen LogP contribution in [0.1, 0.15) is 29.3 Å². The molecule has 1 aliphatic carbocycles. The standard InChI is InChI=1S/C14H15NO6/c1-14(7-11(16)20-3)10-6-8(19-2)4-5-9(10)12(17)13(14)15-21-18/h4-6,18H,7H2,1-3H3. The summed E-state index contributed by atoms with van der Waals surface area (Å²) in [5.74, 6) is -0.372. The third-order valence-electron chi connectivity index (χ3n) is 3.66.